The third-order valence-corrected chi connectivity index (χ3v) is 3.32. The third kappa shape index (κ3) is 2.80. The standard InChI is InChI=1S/C16H13N3O3/c20-15(14-7-12-9-17-6-5-13(12)19-14)18-8-10-1-3-11(4-2-10)16(21)22/h1-7,9,19H,8H2,(H,18,20)(H,21,22). The number of aromatic carboxylic acids is 1. The molecule has 6 nitrogen and oxygen atoms in total. The Labute approximate surface area is 125 Å². The Morgan fingerprint density at radius 1 is 1.18 bits per heavy atom. The summed E-state index contributed by atoms with van der Waals surface area (Å²) in [5, 5.41) is 12.5. The number of fused-ring (bicyclic) bond motifs is 1. The highest BCUT2D eigenvalue weighted by atomic mass is 16.4. The molecule has 110 valence electrons. The molecule has 3 rings (SSSR count). The van der Waals surface area contributed by atoms with Crippen molar-refractivity contribution in [2.75, 3.05) is 0 Å². The largest absolute Gasteiger partial charge is 0.478 e. The Hall–Kier alpha value is -3.15. The molecule has 2 heterocycles. The van der Waals surface area contributed by atoms with Gasteiger partial charge in [0.25, 0.3) is 5.91 Å². The van der Waals surface area contributed by atoms with Crippen molar-refractivity contribution in [1.82, 2.24) is 15.3 Å². The molecule has 0 saturated heterocycles. The summed E-state index contributed by atoms with van der Waals surface area (Å²) in [6, 6.07) is 9.93. The summed E-state index contributed by atoms with van der Waals surface area (Å²) in [4.78, 5) is 29.9. The summed E-state index contributed by atoms with van der Waals surface area (Å²) >= 11 is 0. The van der Waals surface area contributed by atoms with Gasteiger partial charge in [-0.05, 0) is 29.8 Å². The molecule has 0 atom stereocenters. The Bertz CT molecular complexity index is 804. The van der Waals surface area contributed by atoms with Crippen LogP contribution in [0.15, 0.2) is 48.8 Å². The predicted molar refractivity (Wildman–Crippen MR) is 80.7 cm³/mol. The minimum atomic E-state index is -0.970. The topological polar surface area (TPSA) is 95.1 Å². The van der Waals surface area contributed by atoms with E-state index in [4.69, 9.17) is 5.11 Å². The molecular weight excluding hydrogens is 282 g/mol. The van der Waals surface area contributed by atoms with Gasteiger partial charge < -0.3 is 15.4 Å². The molecule has 0 bridgehead atoms. The molecule has 0 saturated carbocycles. The van der Waals surface area contributed by atoms with Crippen molar-refractivity contribution in [2.24, 2.45) is 0 Å². The number of benzene rings is 1. The number of amides is 1. The smallest absolute Gasteiger partial charge is 0.335 e. The van der Waals surface area contributed by atoms with Crippen molar-refractivity contribution in [2.45, 2.75) is 6.54 Å². The number of carboxylic acids is 1. The molecule has 0 unspecified atom stereocenters. The van der Waals surface area contributed by atoms with E-state index < -0.39 is 5.97 Å². The Kier molecular flexibility index (Phi) is 3.57. The van der Waals surface area contributed by atoms with Gasteiger partial charge in [0.1, 0.15) is 5.69 Å². The van der Waals surface area contributed by atoms with Crippen molar-refractivity contribution >= 4 is 22.8 Å². The molecule has 0 aliphatic carbocycles. The number of carbonyl (C=O) groups is 2. The maximum absolute atomic E-state index is 12.1. The Balaban J connectivity index is 1.67. The second-order valence-electron chi connectivity index (χ2n) is 4.83. The van der Waals surface area contributed by atoms with E-state index in [1.807, 2.05) is 0 Å². The molecular formula is C16H13N3O3. The molecule has 3 N–H and O–H groups in total. The van der Waals surface area contributed by atoms with E-state index in [9.17, 15) is 9.59 Å². The highest BCUT2D eigenvalue weighted by Gasteiger charge is 2.09. The molecule has 0 aliphatic heterocycles. The van der Waals surface area contributed by atoms with Gasteiger partial charge in [-0.15, -0.1) is 0 Å². The first-order valence-electron chi connectivity index (χ1n) is 6.66. The van der Waals surface area contributed by atoms with Crippen molar-refractivity contribution in [1.29, 1.82) is 0 Å². The molecule has 3 aromatic rings. The Morgan fingerprint density at radius 2 is 1.95 bits per heavy atom. The van der Waals surface area contributed by atoms with Gasteiger partial charge in [0.15, 0.2) is 0 Å². The SMILES string of the molecule is O=C(O)c1ccc(CNC(=O)c2cc3cnccc3[nH]2)cc1. The average Bonchev–Trinajstić information content (AvgIpc) is 2.97. The van der Waals surface area contributed by atoms with E-state index in [0.717, 1.165) is 16.5 Å². The summed E-state index contributed by atoms with van der Waals surface area (Å²) in [6.45, 7) is 0.326. The minimum Gasteiger partial charge on any atom is -0.478 e. The fourth-order valence-corrected chi connectivity index (χ4v) is 2.14. The van der Waals surface area contributed by atoms with Crippen LogP contribution in [-0.4, -0.2) is 27.0 Å². The van der Waals surface area contributed by atoms with Crippen LogP contribution in [-0.2, 0) is 6.54 Å². The van der Waals surface area contributed by atoms with Gasteiger partial charge in [-0.1, -0.05) is 12.1 Å². The molecule has 1 aromatic carbocycles. The zero-order chi connectivity index (χ0) is 15.5. The number of hydrogen-bond acceptors (Lipinski definition) is 3. The van der Waals surface area contributed by atoms with E-state index in [1.165, 1.54) is 12.1 Å². The fourth-order valence-electron chi connectivity index (χ4n) is 2.14. The quantitative estimate of drug-likeness (QED) is 0.687. The van der Waals surface area contributed by atoms with Crippen LogP contribution < -0.4 is 5.32 Å². The average molecular weight is 295 g/mol. The molecule has 0 spiro atoms. The molecule has 0 radical (unpaired) electrons. The number of aromatic nitrogens is 2. The minimum absolute atomic E-state index is 0.221. The number of nitrogens with one attached hydrogen (secondary N) is 2. The van der Waals surface area contributed by atoms with Gasteiger partial charge in [-0.3, -0.25) is 9.78 Å². The molecule has 2 aromatic heterocycles. The zero-order valence-electron chi connectivity index (χ0n) is 11.5. The number of carboxylic acid groups (broad SMARTS) is 1. The van der Waals surface area contributed by atoms with Crippen molar-refractivity contribution in [3.63, 3.8) is 0 Å². The van der Waals surface area contributed by atoms with Gasteiger partial charge in [0.05, 0.1) is 5.56 Å². The number of pyridine rings is 1. The maximum Gasteiger partial charge on any atom is 0.335 e. The van der Waals surface area contributed by atoms with E-state index in [1.54, 1.807) is 36.7 Å². The molecule has 22 heavy (non-hydrogen) atoms. The summed E-state index contributed by atoms with van der Waals surface area (Å²) in [5.41, 5.74) is 2.37. The predicted octanol–water partition coefficient (Wildman–Crippen LogP) is 2.19. The van der Waals surface area contributed by atoms with E-state index in [0.29, 0.717) is 12.2 Å². The van der Waals surface area contributed by atoms with Gasteiger partial charge in [0.2, 0.25) is 0 Å². The van der Waals surface area contributed by atoms with Crippen LogP contribution in [0.1, 0.15) is 26.4 Å². The number of carbonyl (C=O) groups excluding carboxylic acids is 1. The van der Waals surface area contributed by atoms with Gasteiger partial charge in [-0.25, -0.2) is 4.79 Å². The lowest BCUT2D eigenvalue weighted by Crippen LogP contribution is -2.23. The fraction of sp³-hybridized carbons (Fsp3) is 0.0625. The number of H-pyrrole nitrogens is 1. The number of rotatable bonds is 4. The molecule has 0 aliphatic rings. The maximum atomic E-state index is 12.1. The Morgan fingerprint density at radius 3 is 2.64 bits per heavy atom. The number of hydrogen-bond donors (Lipinski definition) is 3. The lowest BCUT2D eigenvalue weighted by Gasteiger charge is -2.04. The third-order valence-electron chi connectivity index (χ3n) is 3.32. The molecule has 6 heteroatoms. The van der Waals surface area contributed by atoms with Crippen LogP contribution in [0, 0.1) is 0 Å². The van der Waals surface area contributed by atoms with Gasteiger partial charge >= 0.3 is 5.97 Å². The van der Waals surface area contributed by atoms with Crippen molar-refractivity contribution < 1.29 is 14.7 Å². The van der Waals surface area contributed by atoms with Gasteiger partial charge in [-0.2, -0.15) is 0 Å². The van der Waals surface area contributed by atoms with Crippen LogP contribution in [0.2, 0.25) is 0 Å². The van der Waals surface area contributed by atoms with Crippen LogP contribution in [0.5, 0.6) is 0 Å². The highest BCUT2D eigenvalue weighted by Crippen LogP contribution is 2.13. The second-order valence-corrected chi connectivity index (χ2v) is 4.83. The normalized spacial score (nSPS) is 10.5. The molecule has 0 fully saturated rings. The van der Waals surface area contributed by atoms with Crippen LogP contribution in [0.4, 0.5) is 0 Å². The van der Waals surface area contributed by atoms with Crippen LogP contribution in [0.3, 0.4) is 0 Å². The van der Waals surface area contributed by atoms with E-state index in [2.05, 4.69) is 15.3 Å². The summed E-state index contributed by atoms with van der Waals surface area (Å²) < 4.78 is 0. The van der Waals surface area contributed by atoms with Crippen molar-refractivity contribution in [3.8, 4) is 0 Å². The first kappa shape index (κ1) is 13.8. The first-order chi connectivity index (χ1) is 10.6. The number of aromatic amines is 1. The number of nitrogens with zero attached hydrogens (tertiary/aromatic N) is 1. The van der Waals surface area contributed by atoms with E-state index in [-0.39, 0.29) is 11.5 Å². The van der Waals surface area contributed by atoms with Crippen molar-refractivity contribution in [3.05, 3.63) is 65.6 Å². The van der Waals surface area contributed by atoms with E-state index >= 15 is 0 Å². The summed E-state index contributed by atoms with van der Waals surface area (Å²) in [5.74, 6) is -1.19. The first-order valence-corrected chi connectivity index (χ1v) is 6.66. The summed E-state index contributed by atoms with van der Waals surface area (Å²) in [6.07, 6.45) is 3.35. The zero-order valence-corrected chi connectivity index (χ0v) is 11.5. The monoisotopic (exact) mass is 295 g/mol. The second kappa shape index (κ2) is 5.69. The van der Waals surface area contributed by atoms with Gasteiger partial charge in [0, 0.05) is 29.8 Å². The molecule has 1 amide bonds. The lowest BCUT2D eigenvalue weighted by atomic mass is 10.1. The van der Waals surface area contributed by atoms with Crippen LogP contribution in [0.25, 0.3) is 10.9 Å². The lowest BCUT2D eigenvalue weighted by molar-refractivity contribution is 0.0696. The summed E-state index contributed by atoms with van der Waals surface area (Å²) in [7, 11) is 0. The van der Waals surface area contributed by atoms with Crippen LogP contribution >= 0.6 is 0 Å². The highest BCUT2D eigenvalue weighted by molar-refractivity contribution is 5.97.